The molecule has 3 nitrogen and oxygen atoms in total. The Morgan fingerprint density at radius 1 is 1.47 bits per heavy atom. The van der Waals surface area contributed by atoms with Crippen molar-refractivity contribution < 1.29 is 14.6 Å². The predicted molar refractivity (Wildman–Crippen MR) is 78.9 cm³/mol. The van der Waals surface area contributed by atoms with Crippen molar-refractivity contribution in [3.8, 4) is 0 Å². The molecule has 1 fully saturated rings. The van der Waals surface area contributed by atoms with Crippen LogP contribution in [-0.2, 0) is 9.53 Å². The number of aliphatic hydroxyl groups excluding tert-OH is 1. The Hall–Kier alpha value is -0.830. The molecule has 1 unspecified atom stereocenters. The van der Waals surface area contributed by atoms with Crippen molar-refractivity contribution >= 4 is 5.97 Å². The predicted octanol–water partition coefficient (Wildman–Crippen LogP) is 3.71. The highest BCUT2D eigenvalue weighted by molar-refractivity contribution is 5.71. The summed E-state index contributed by atoms with van der Waals surface area (Å²) in [5.74, 6) is 1.18. The molecule has 0 amide bonds. The van der Waals surface area contributed by atoms with Gasteiger partial charge in [-0.2, -0.15) is 0 Å². The van der Waals surface area contributed by atoms with Crippen molar-refractivity contribution in [2.45, 2.75) is 65.9 Å². The molecule has 0 aliphatic carbocycles. The van der Waals surface area contributed by atoms with E-state index in [4.69, 9.17) is 9.84 Å². The summed E-state index contributed by atoms with van der Waals surface area (Å²) in [4.78, 5) is 11.1. The molecule has 0 aromatic heterocycles. The Morgan fingerprint density at radius 2 is 2.11 bits per heavy atom. The summed E-state index contributed by atoms with van der Waals surface area (Å²) in [6.45, 7) is 8.72. The van der Waals surface area contributed by atoms with Crippen LogP contribution in [0.1, 0.15) is 59.8 Å². The number of carbonyl (C=O) groups excluding carboxylic acids is 1. The van der Waals surface area contributed by atoms with Gasteiger partial charge in [0.1, 0.15) is 6.10 Å². The average molecular weight is 270 g/mol. The summed E-state index contributed by atoms with van der Waals surface area (Å²) in [5.41, 5.74) is 1.46. The number of aliphatic hydroxyl groups is 1. The molecule has 0 radical (unpaired) electrons. The van der Waals surface area contributed by atoms with Crippen LogP contribution in [0.15, 0.2) is 11.6 Å². The van der Waals surface area contributed by atoms with Crippen LogP contribution in [0.2, 0.25) is 0 Å². The van der Waals surface area contributed by atoms with Gasteiger partial charge in [-0.25, -0.2) is 0 Å². The standard InChI is InChI=1S/C15H26O2.CH4O/c1-11(2)6-5-7-12(3)8-9-14-10-15(16)17-13(14)4;1-2/h7,11,13-14H,5-6,8-10H2,1-4H3;2H,1H3/b12-7-;/t13-,14?;/m1./s1. The topological polar surface area (TPSA) is 46.5 Å². The molecular weight excluding hydrogens is 240 g/mol. The number of allylic oxidation sites excluding steroid dienone is 2. The van der Waals surface area contributed by atoms with Gasteiger partial charge in [-0.15, -0.1) is 0 Å². The fraction of sp³-hybridized carbons (Fsp3) is 0.812. The summed E-state index contributed by atoms with van der Waals surface area (Å²) in [6.07, 6.45) is 7.70. The van der Waals surface area contributed by atoms with E-state index in [0.717, 1.165) is 25.9 Å². The minimum Gasteiger partial charge on any atom is -0.462 e. The zero-order chi connectivity index (χ0) is 14.8. The molecule has 2 atom stereocenters. The highest BCUT2D eigenvalue weighted by Gasteiger charge is 2.30. The van der Waals surface area contributed by atoms with Crippen LogP contribution < -0.4 is 0 Å². The van der Waals surface area contributed by atoms with E-state index in [1.54, 1.807) is 0 Å². The van der Waals surface area contributed by atoms with Gasteiger partial charge >= 0.3 is 5.97 Å². The van der Waals surface area contributed by atoms with Crippen LogP contribution in [0.5, 0.6) is 0 Å². The number of carbonyl (C=O) groups is 1. The lowest BCUT2D eigenvalue weighted by molar-refractivity contribution is -0.140. The van der Waals surface area contributed by atoms with E-state index in [1.165, 1.54) is 18.4 Å². The third kappa shape index (κ3) is 8.04. The Balaban J connectivity index is 0.00000154. The Morgan fingerprint density at radius 3 is 2.58 bits per heavy atom. The van der Waals surface area contributed by atoms with Gasteiger partial charge in [-0.05, 0) is 45.4 Å². The maximum Gasteiger partial charge on any atom is 0.306 e. The minimum absolute atomic E-state index is 0.0241. The van der Waals surface area contributed by atoms with Crippen molar-refractivity contribution in [3.05, 3.63) is 11.6 Å². The molecule has 3 heteroatoms. The molecule has 1 aliphatic heterocycles. The zero-order valence-electron chi connectivity index (χ0n) is 13.1. The van der Waals surface area contributed by atoms with Gasteiger partial charge in [0.2, 0.25) is 0 Å². The molecule has 1 aliphatic rings. The second-order valence-electron chi connectivity index (χ2n) is 5.72. The van der Waals surface area contributed by atoms with Crippen LogP contribution in [0.25, 0.3) is 0 Å². The van der Waals surface area contributed by atoms with E-state index in [-0.39, 0.29) is 12.1 Å². The third-order valence-electron chi connectivity index (χ3n) is 3.56. The van der Waals surface area contributed by atoms with Gasteiger partial charge in [0.05, 0.1) is 6.42 Å². The Labute approximate surface area is 118 Å². The average Bonchev–Trinajstić information content (AvgIpc) is 2.67. The van der Waals surface area contributed by atoms with E-state index < -0.39 is 0 Å². The quantitative estimate of drug-likeness (QED) is 0.591. The van der Waals surface area contributed by atoms with Crippen molar-refractivity contribution in [1.82, 2.24) is 0 Å². The molecule has 0 bridgehead atoms. The van der Waals surface area contributed by atoms with Crippen molar-refractivity contribution in [2.75, 3.05) is 7.11 Å². The second-order valence-corrected chi connectivity index (χ2v) is 5.72. The molecule has 19 heavy (non-hydrogen) atoms. The van der Waals surface area contributed by atoms with Crippen molar-refractivity contribution in [1.29, 1.82) is 0 Å². The van der Waals surface area contributed by atoms with Gasteiger partial charge in [0.25, 0.3) is 0 Å². The first-order valence-corrected chi connectivity index (χ1v) is 7.29. The summed E-state index contributed by atoms with van der Waals surface area (Å²) in [5, 5.41) is 7.00. The Bertz CT molecular complexity index is 282. The molecule has 1 N–H and O–H groups in total. The van der Waals surface area contributed by atoms with E-state index in [9.17, 15) is 4.79 Å². The molecule has 0 aromatic rings. The van der Waals surface area contributed by atoms with E-state index in [0.29, 0.717) is 12.3 Å². The van der Waals surface area contributed by atoms with Gasteiger partial charge in [0.15, 0.2) is 0 Å². The number of rotatable bonds is 6. The maximum atomic E-state index is 11.1. The smallest absolute Gasteiger partial charge is 0.306 e. The molecule has 0 aromatic carbocycles. The summed E-state index contributed by atoms with van der Waals surface area (Å²) in [7, 11) is 1.00. The molecule has 0 spiro atoms. The molecule has 0 saturated carbocycles. The number of hydrogen-bond acceptors (Lipinski definition) is 3. The fourth-order valence-electron chi connectivity index (χ4n) is 2.25. The number of esters is 1. The lowest BCUT2D eigenvalue weighted by atomic mass is 9.94. The van der Waals surface area contributed by atoms with Crippen LogP contribution in [0.4, 0.5) is 0 Å². The van der Waals surface area contributed by atoms with Crippen LogP contribution in [-0.4, -0.2) is 24.3 Å². The van der Waals surface area contributed by atoms with Gasteiger partial charge in [-0.3, -0.25) is 4.79 Å². The normalized spacial score (nSPS) is 23.1. The second kappa shape index (κ2) is 10.0. The third-order valence-corrected chi connectivity index (χ3v) is 3.56. The molecular formula is C16H30O3. The highest BCUT2D eigenvalue weighted by atomic mass is 16.5. The molecule has 1 saturated heterocycles. The molecule has 1 heterocycles. The van der Waals surface area contributed by atoms with E-state index >= 15 is 0 Å². The van der Waals surface area contributed by atoms with Crippen LogP contribution in [0.3, 0.4) is 0 Å². The van der Waals surface area contributed by atoms with Gasteiger partial charge in [0, 0.05) is 13.0 Å². The van der Waals surface area contributed by atoms with Gasteiger partial charge < -0.3 is 9.84 Å². The van der Waals surface area contributed by atoms with Gasteiger partial charge in [-0.1, -0.05) is 25.5 Å². The monoisotopic (exact) mass is 270 g/mol. The summed E-state index contributed by atoms with van der Waals surface area (Å²) >= 11 is 0. The molecule has 1 rings (SSSR count). The van der Waals surface area contributed by atoms with Crippen molar-refractivity contribution in [2.24, 2.45) is 11.8 Å². The highest BCUT2D eigenvalue weighted by Crippen LogP contribution is 2.27. The lowest BCUT2D eigenvalue weighted by Gasteiger charge is -2.12. The summed E-state index contributed by atoms with van der Waals surface area (Å²) < 4.78 is 5.16. The number of ether oxygens (including phenoxy) is 1. The van der Waals surface area contributed by atoms with Crippen LogP contribution >= 0.6 is 0 Å². The first kappa shape index (κ1) is 18.2. The zero-order valence-corrected chi connectivity index (χ0v) is 13.1. The van der Waals surface area contributed by atoms with E-state index in [1.807, 2.05) is 6.92 Å². The largest absolute Gasteiger partial charge is 0.462 e. The Kier molecular flexibility index (Phi) is 9.58. The first-order chi connectivity index (χ1) is 8.99. The van der Waals surface area contributed by atoms with Crippen molar-refractivity contribution in [3.63, 3.8) is 0 Å². The molecule has 112 valence electrons. The minimum atomic E-state index is -0.0241. The summed E-state index contributed by atoms with van der Waals surface area (Å²) in [6, 6.07) is 0. The SMILES string of the molecule is C/C(=C/CCC(C)C)CCC1CC(=O)O[C@@H]1C.CO. The lowest BCUT2D eigenvalue weighted by Crippen LogP contribution is -2.11. The first-order valence-electron chi connectivity index (χ1n) is 7.29. The fourth-order valence-corrected chi connectivity index (χ4v) is 2.25. The maximum absolute atomic E-state index is 11.1. The van der Waals surface area contributed by atoms with Crippen LogP contribution in [0, 0.1) is 11.8 Å². The van der Waals surface area contributed by atoms with E-state index in [2.05, 4.69) is 26.8 Å². The number of cyclic esters (lactones) is 1. The number of hydrogen-bond donors (Lipinski definition) is 1.